The average Bonchev–Trinajstić information content (AvgIpc) is 3.37. The van der Waals surface area contributed by atoms with Crippen molar-refractivity contribution in [2.45, 2.75) is 24.9 Å². The van der Waals surface area contributed by atoms with Crippen LogP contribution < -0.4 is 10.2 Å². The van der Waals surface area contributed by atoms with Crippen LogP contribution in [0.5, 0.6) is 0 Å². The van der Waals surface area contributed by atoms with Crippen molar-refractivity contribution in [3.63, 3.8) is 0 Å². The van der Waals surface area contributed by atoms with Crippen LogP contribution in [-0.4, -0.2) is 84.4 Å². The van der Waals surface area contributed by atoms with Gasteiger partial charge < -0.3 is 15.1 Å². The Hall–Kier alpha value is -2.21. The van der Waals surface area contributed by atoms with Gasteiger partial charge in [0.2, 0.25) is 5.91 Å². The third-order valence-corrected chi connectivity index (χ3v) is 6.10. The van der Waals surface area contributed by atoms with Crippen molar-refractivity contribution in [1.29, 1.82) is 5.26 Å². The molecule has 1 amide bonds. The van der Waals surface area contributed by atoms with Crippen molar-refractivity contribution < 1.29 is 9.59 Å². The summed E-state index contributed by atoms with van der Waals surface area (Å²) in [6.45, 7) is 4.94. The van der Waals surface area contributed by atoms with Gasteiger partial charge in [0.25, 0.3) is 0 Å². The molecule has 2 atom stereocenters. The first-order valence-electron chi connectivity index (χ1n) is 9.63. The Balaban J connectivity index is 1.30. The monoisotopic (exact) mass is 402 g/mol. The molecule has 3 fully saturated rings. The highest BCUT2D eigenvalue weighted by Crippen LogP contribution is 2.26. The molecular weight excluding hydrogens is 380 g/mol. The van der Waals surface area contributed by atoms with Gasteiger partial charge in [0.15, 0.2) is 5.78 Å². The van der Waals surface area contributed by atoms with Gasteiger partial charge in [-0.15, -0.1) is 0 Å². The molecule has 1 aromatic rings. The molecule has 9 heteroatoms. The lowest BCUT2D eigenvalue weighted by Crippen LogP contribution is -2.51. The molecule has 1 N–H and O–H groups in total. The number of nitrogens with one attached hydrogen (secondary N) is 1. The van der Waals surface area contributed by atoms with Gasteiger partial charge in [0, 0.05) is 57.9 Å². The minimum atomic E-state index is -0.191. The third kappa shape index (κ3) is 3.83. The molecule has 1 aromatic heterocycles. The number of ketones is 1. The summed E-state index contributed by atoms with van der Waals surface area (Å²) < 4.78 is 0. The van der Waals surface area contributed by atoms with Crippen LogP contribution in [0.4, 0.5) is 5.82 Å². The predicted octanol–water partition coefficient (Wildman–Crippen LogP) is 0.261. The molecule has 8 nitrogen and oxygen atoms in total. The highest BCUT2D eigenvalue weighted by molar-refractivity contribution is 6.33. The van der Waals surface area contributed by atoms with Gasteiger partial charge in [0.05, 0.1) is 23.2 Å². The van der Waals surface area contributed by atoms with Gasteiger partial charge in [-0.3, -0.25) is 14.5 Å². The molecule has 148 valence electrons. The molecule has 0 radical (unpaired) electrons. The van der Waals surface area contributed by atoms with E-state index >= 15 is 0 Å². The molecule has 28 heavy (non-hydrogen) atoms. The van der Waals surface area contributed by atoms with Crippen LogP contribution in [0.25, 0.3) is 0 Å². The lowest BCUT2D eigenvalue weighted by molar-refractivity contribution is -0.133. The normalized spacial score (nSPS) is 25.9. The van der Waals surface area contributed by atoms with E-state index in [4.69, 9.17) is 16.9 Å². The Labute approximate surface area is 169 Å². The number of aromatic nitrogens is 1. The summed E-state index contributed by atoms with van der Waals surface area (Å²) in [6.07, 6.45) is 2.81. The number of piperazine rings is 1. The smallest absolute Gasteiger partial charge is 0.240 e. The highest BCUT2D eigenvalue weighted by Gasteiger charge is 2.37. The number of Topliss-reactive ketones (excluding diaryl/α,β-unsaturated/α-hetero) is 1. The van der Waals surface area contributed by atoms with Crippen LogP contribution in [0.1, 0.15) is 18.4 Å². The Morgan fingerprint density at radius 3 is 2.71 bits per heavy atom. The van der Waals surface area contributed by atoms with Crippen LogP contribution in [0.2, 0.25) is 5.02 Å². The van der Waals surface area contributed by atoms with E-state index in [1.54, 1.807) is 17.2 Å². The SMILES string of the molecule is N#Cc1cnc(N2CCN([C@@H]3CN[C@H](C(=O)N4CCC(=O)C4)C3)CC2)c(Cl)c1. The predicted molar refractivity (Wildman–Crippen MR) is 104 cm³/mol. The van der Waals surface area contributed by atoms with Crippen molar-refractivity contribution in [2.24, 2.45) is 0 Å². The number of hydrogen-bond acceptors (Lipinski definition) is 7. The van der Waals surface area contributed by atoms with Crippen molar-refractivity contribution in [3.05, 3.63) is 22.8 Å². The summed E-state index contributed by atoms with van der Waals surface area (Å²) in [7, 11) is 0. The molecule has 0 unspecified atom stereocenters. The van der Waals surface area contributed by atoms with E-state index in [0.717, 1.165) is 45.0 Å². The molecule has 0 spiro atoms. The lowest BCUT2D eigenvalue weighted by Gasteiger charge is -2.38. The van der Waals surface area contributed by atoms with Crippen LogP contribution in [0.15, 0.2) is 12.3 Å². The van der Waals surface area contributed by atoms with Gasteiger partial charge in [-0.2, -0.15) is 5.26 Å². The number of rotatable bonds is 3. The second-order valence-corrected chi connectivity index (χ2v) is 7.97. The van der Waals surface area contributed by atoms with Crippen LogP contribution in [-0.2, 0) is 9.59 Å². The first kappa shape index (κ1) is 19.1. The van der Waals surface area contributed by atoms with Crippen molar-refractivity contribution >= 4 is 29.1 Å². The standard InChI is InChI=1S/C19H23ClN6O2/c20-16-7-13(9-21)10-23-18(16)25-5-3-24(4-6-25)14-8-17(22-11-14)19(28)26-2-1-15(27)12-26/h7,10,14,17,22H,1-6,8,11-12H2/t14-,17-/m0/s1. The molecule has 3 aliphatic heterocycles. The number of carbonyl (C=O) groups excluding carboxylic acids is 2. The van der Waals surface area contributed by atoms with E-state index in [1.165, 1.54) is 0 Å². The Morgan fingerprint density at radius 2 is 2.07 bits per heavy atom. The van der Waals surface area contributed by atoms with Crippen molar-refractivity contribution in [3.8, 4) is 6.07 Å². The first-order valence-corrected chi connectivity index (χ1v) is 10.0. The number of amides is 1. The van der Waals surface area contributed by atoms with E-state index in [0.29, 0.717) is 29.6 Å². The van der Waals surface area contributed by atoms with Crippen molar-refractivity contribution in [2.75, 3.05) is 50.7 Å². The van der Waals surface area contributed by atoms with E-state index < -0.39 is 0 Å². The fourth-order valence-corrected chi connectivity index (χ4v) is 4.53. The van der Waals surface area contributed by atoms with E-state index in [9.17, 15) is 9.59 Å². The molecular formula is C19H23ClN6O2. The topological polar surface area (TPSA) is 92.6 Å². The Morgan fingerprint density at radius 1 is 1.29 bits per heavy atom. The fraction of sp³-hybridized carbons (Fsp3) is 0.579. The third-order valence-electron chi connectivity index (χ3n) is 5.83. The van der Waals surface area contributed by atoms with Gasteiger partial charge in [0.1, 0.15) is 11.9 Å². The quantitative estimate of drug-likeness (QED) is 0.775. The highest BCUT2D eigenvalue weighted by atomic mass is 35.5. The second-order valence-electron chi connectivity index (χ2n) is 7.56. The lowest BCUT2D eigenvalue weighted by atomic mass is 10.1. The second kappa shape index (κ2) is 8.03. The summed E-state index contributed by atoms with van der Waals surface area (Å²) in [5, 5.41) is 12.8. The summed E-state index contributed by atoms with van der Waals surface area (Å²) in [5.74, 6) is 0.922. The zero-order valence-corrected chi connectivity index (χ0v) is 16.4. The molecule has 0 aliphatic carbocycles. The van der Waals surface area contributed by atoms with Gasteiger partial charge in [-0.05, 0) is 12.5 Å². The van der Waals surface area contributed by atoms with Crippen LogP contribution in [0.3, 0.4) is 0 Å². The maximum atomic E-state index is 12.6. The molecule has 4 heterocycles. The van der Waals surface area contributed by atoms with Crippen LogP contribution in [0, 0.1) is 11.3 Å². The number of anilines is 1. The zero-order valence-electron chi connectivity index (χ0n) is 15.6. The van der Waals surface area contributed by atoms with Gasteiger partial charge in [-0.1, -0.05) is 11.6 Å². The molecule has 0 bridgehead atoms. The van der Waals surface area contributed by atoms with E-state index in [1.807, 2.05) is 6.07 Å². The Kier molecular flexibility index (Phi) is 5.49. The van der Waals surface area contributed by atoms with Crippen molar-refractivity contribution in [1.82, 2.24) is 20.1 Å². The minimum absolute atomic E-state index is 0.0561. The minimum Gasteiger partial charge on any atom is -0.353 e. The molecule has 4 rings (SSSR count). The Bertz CT molecular complexity index is 817. The summed E-state index contributed by atoms with van der Waals surface area (Å²) in [4.78, 5) is 34.6. The summed E-state index contributed by atoms with van der Waals surface area (Å²) >= 11 is 6.29. The molecule has 3 aliphatic rings. The maximum absolute atomic E-state index is 12.6. The summed E-state index contributed by atoms with van der Waals surface area (Å²) in [5.41, 5.74) is 0.458. The summed E-state index contributed by atoms with van der Waals surface area (Å²) in [6, 6.07) is 3.82. The number of carbonyl (C=O) groups is 2. The number of hydrogen-bond donors (Lipinski definition) is 1. The number of pyridine rings is 1. The maximum Gasteiger partial charge on any atom is 0.240 e. The van der Waals surface area contributed by atoms with Gasteiger partial charge >= 0.3 is 0 Å². The number of halogens is 1. The largest absolute Gasteiger partial charge is 0.353 e. The van der Waals surface area contributed by atoms with Gasteiger partial charge in [-0.25, -0.2) is 4.98 Å². The van der Waals surface area contributed by atoms with E-state index in [2.05, 4.69) is 20.1 Å². The number of nitrogens with zero attached hydrogens (tertiary/aromatic N) is 5. The van der Waals surface area contributed by atoms with E-state index in [-0.39, 0.29) is 24.3 Å². The molecule has 0 aromatic carbocycles. The zero-order chi connectivity index (χ0) is 19.7. The average molecular weight is 403 g/mol. The molecule has 3 saturated heterocycles. The molecule has 0 saturated carbocycles. The fourth-order valence-electron chi connectivity index (χ4n) is 4.25. The first-order chi connectivity index (χ1) is 13.5. The van der Waals surface area contributed by atoms with Crippen LogP contribution >= 0.6 is 11.6 Å². The number of nitriles is 1. The number of likely N-dealkylation sites (tertiary alicyclic amines) is 1.